The van der Waals surface area contributed by atoms with Crippen molar-refractivity contribution in [3.8, 4) is 0 Å². The second-order valence-electron chi connectivity index (χ2n) is 8.86. The van der Waals surface area contributed by atoms with Crippen molar-refractivity contribution >= 4 is 0 Å². The highest BCUT2D eigenvalue weighted by molar-refractivity contribution is 4.99. The Balaban J connectivity index is 3.68. The third kappa shape index (κ3) is 18.6. The smallest absolute Gasteiger partial charge is 0.0871 e. The second kappa shape index (κ2) is 23.5. The summed E-state index contributed by atoms with van der Waals surface area (Å²) in [6, 6.07) is 0. The quantitative estimate of drug-likeness (QED) is 0.169. The average Bonchev–Trinajstić information content (AvgIpc) is 2.75. The van der Waals surface area contributed by atoms with E-state index in [0.717, 1.165) is 31.8 Å². The van der Waals surface area contributed by atoms with Crippen molar-refractivity contribution in [2.45, 2.75) is 135 Å². The van der Waals surface area contributed by atoms with Crippen LogP contribution in [0.1, 0.15) is 123 Å². The highest BCUT2D eigenvalue weighted by Gasteiger charge is 2.24. The first-order valence-electron chi connectivity index (χ1n) is 12.9. The van der Waals surface area contributed by atoms with Gasteiger partial charge in [-0.3, -0.25) is 0 Å². The Bertz CT molecular complexity index is 324. The molecule has 0 aliphatic rings. The molecule has 0 amide bonds. The average molecular weight is 430 g/mol. The highest BCUT2D eigenvalue weighted by atomic mass is 16.5. The lowest BCUT2D eigenvalue weighted by molar-refractivity contribution is -0.00773. The lowest BCUT2D eigenvalue weighted by atomic mass is 9.91. The molecule has 2 N–H and O–H groups in total. The van der Waals surface area contributed by atoms with Crippen LogP contribution in [0, 0.1) is 5.92 Å². The molecule has 0 bridgehead atoms. The monoisotopic (exact) mass is 429 g/mol. The van der Waals surface area contributed by atoms with E-state index in [1.165, 1.54) is 83.5 Å². The van der Waals surface area contributed by atoms with Crippen LogP contribution in [-0.2, 0) is 9.47 Å². The fraction of sp³-hybridized carbons (Fsp3) is 0.962. The van der Waals surface area contributed by atoms with Gasteiger partial charge in [-0.05, 0) is 19.3 Å². The molecule has 0 rings (SSSR count). The number of aliphatic hydroxyl groups is 2. The van der Waals surface area contributed by atoms with Crippen LogP contribution in [0.15, 0.2) is 0 Å². The Morgan fingerprint density at radius 3 is 1.67 bits per heavy atom. The third-order valence-corrected chi connectivity index (χ3v) is 5.87. The molecule has 4 nitrogen and oxygen atoms in total. The molecular formula is C26H53O4. The van der Waals surface area contributed by atoms with Gasteiger partial charge >= 0.3 is 0 Å². The SMILES string of the molecule is CCCCCCCCCCCCCCCCOC(COC)[C](CCC)CC(O)CO. The Morgan fingerprint density at radius 1 is 0.733 bits per heavy atom. The Kier molecular flexibility index (Phi) is 23.4. The largest absolute Gasteiger partial charge is 0.394 e. The normalized spacial score (nSPS) is 13.8. The minimum Gasteiger partial charge on any atom is -0.394 e. The standard InChI is InChI=1S/C26H53O4/c1-4-6-7-8-9-10-11-12-13-14-15-16-17-18-20-30-26(23-29-3)24(19-5-2)21-25(28)22-27/h25-28H,4-23H2,1-3H3. The van der Waals surface area contributed by atoms with Gasteiger partial charge in [0.05, 0.1) is 25.4 Å². The van der Waals surface area contributed by atoms with Crippen LogP contribution >= 0.6 is 0 Å². The first-order valence-corrected chi connectivity index (χ1v) is 12.9. The maximum atomic E-state index is 9.81. The number of hydrogen-bond donors (Lipinski definition) is 2. The Morgan fingerprint density at radius 2 is 1.23 bits per heavy atom. The summed E-state index contributed by atoms with van der Waals surface area (Å²) in [7, 11) is 1.69. The predicted molar refractivity (Wildman–Crippen MR) is 128 cm³/mol. The van der Waals surface area contributed by atoms with E-state index in [2.05, 4.69) is 13.8 Å². The zero-order chi connectivity index (χ0) is 22.3. The summed E-state index contributed by atoms with van der Waals surface area (Å²) in [5.74, 6) is 1.16. The molecule has 0 fully saturated rings. The van der Waals surface area contributed by atoms with Gasteiger partial charge < -0.3 is 19.7 Å². The lowest BCUT2D eigenvalue weighted by Crippen LogP contribution is -2.31. The van der Waals surface area contributed by atoms with Crippen molar-refractivity contribution < 1.29 is 19.7 Å². The molecule has 0 saturated heterocycles. The summed E-state index contributed by atoms with van der Waals surface area (Å²) >= 11 is 0. The highest BCUT2D eigenvalue weighted by Crippen LogP contribution is 2.24. The first-order chi connectivity index (χ1) is 14.7. The molecule has 181 valence electrons. The van der Waals surface area contributed by atoms with Crippen molar-refractivity contribution in [3.05, 3.63) is 5.92 Å². The van der Waals surface area contributed by atoms with E-state index in [9.17, 15) is 5.11 Å². The lowest BCUT2D eigenvalue weighted by Gasteiger charge is -2.27. The zero-order valence-corrected chi connectivity index (χ0v) is 20.5. The number of aliphatic hydroxyl groups excluding tert-OH is 2. The minimum absolute atomic E-state index is 0.0712. The van der Waals surface area contributed by atoms with Gasteiger partial charge in [0.15, 0.2) is 0 Å². The zero-order valence-electron chi connectivity index (χ0n) is 20.5. The van der Waals surface area contributed by atoms with Gasteiger partial charge in [0.2, 0.25) is 0 Å². The van der Waals surface area contributed by atoms with Gasteiger partial charge in [-0.15, -0.1) is 0 Å². The van der Waals surface area contributed by atoms with E-state index in [1.54, 1.807) is 7.11 Å². The van der Waals surface area contributed by atoms with Crippen LogP contribution in [0.25, 0.3) is 0 Å². The van der Waals surface area contributed by atoms with Crippen molar-refractivity contribution in [1.29, 1.82) is 0 Å². The second-order valence-corrected chi connectivity index (χ2v) is 8.86. The van der Waals surface area contributed by atoms with Crippen LogP contribution in [0.3, 0.4) is 0 Å². The molecule has 30 heavy (non-hydrogen) atoms. The van der Waals surface area contributed by atoms with E-state index < -0.39 is 6.10 Å². The fourth-order valence-electron chi connectivity index (χ4n) is 4.04. The number of rotatable bonds is 24. The van der Waals surface area contributed by atoms with Crippen molar-refractivity contribution in [3.63, 3.8) is 0 Å². The number of unbranched alkanes of at least 4 members (excludes halogenated alkanes) is 13. The molecule has 1 radical (unpaired) electrons. The fourth-order valence-corrected chi connectivity index (χ4v) is 4.04. The molecule has 2 unspecified atom stereocenters. The summed E-state index contributed by atoms with van der Waals surface area (Å²) in [6.07, 6.45) is 20.6. The molecule has 0 heterocycles. The van der Waals surface area contributed by atoms with E-state index in [0.29, 0.717) is 13.0 Å². The van der Waals surface area contributed by atoms with E-state index in [4.69, 9.17) is 14.6 Å². The van der Waals surface area contributed by atoms with Gasteiger partial charge in [-0.25, -0.2) is 0 Å². The van der Waals surface area contributed by atoms with Crippen molar-refractivity contribution in [2.75, 3.05) is 26.9 Å². The molecular weight excluding hydrogens is 376 g/mol. The predicted octanol–water partition coefficient (Wildman–Crippen LogP) is 6.62. The van der Waals surface area contributed by atoms with Crippen molar-refractivity contribution in [1.82, 2.24) is 0 Å². The number of ether oxygens (including phenoxy) is 2. The Hall–Kier alpha value is -0.160. The van der Waals surface area contributed by atoms with E-state index >= 15 is 0 Å². The summed E-state index contributed by atoms with van der Waals surface area (Å²) in [6.45, 7) is 5.47. The topological polar surface area (TPSA) is 58.9 Å². The van der Waals surface area contributed by atoms with Gasteiger partial charge in [-0.1, -0.05) is 104 Å². The molecule has 0 aromatic heterocycles. The summed E-state index contributed by atoms with van der Waals surface area (Å²) in [5, 5.41) is 19.0. The number of hydrogen-bond acceptors (Lipinski definition) is 4. The molecule has 2 atom stereocenters. The van der Waals surface area contributed by atoms with E-state index in [1.807, 2.05) is 0 Å². The van der Waals surface area contributed by atoms with Crippen LogP contribution in [-0.4, -0.2) is 49.4 Å². The first kappa shape index (κ1) is 29.8. The van der Waals surface area contributed by atoms with Crippen LogP contribution in [0.4, 0.5) is 0 Å². The molecule has 0 aromatic rings. The molecule has 0 saturated carbocycles. The van der Waals surface area contributed by atoms with Gasteiger partial charge in [0.25, 0.3) is 0 Å². The van der Waals surface area contributed by atoms with Crippen molar-refractivity contribution in [2.24, 2.45) is 0 Å². The third-order valence-electron chi connectivity index (χ3n) is 5.87. The molecule has 4 heteroatoms. The van der Waals surface area contributed by atoms with Crippen LogP contribution in [0.2, 0.25) is 0 Å². The molecule has 0 aromatic carbocycles. The number of methoxy groups -OCH3 is 1. The van der Waals surface area contributed by atoms with Crippen LogP contribution in [0.5, 0.6) is 0 Å². The molecule has 0 spiro atoms. The van der Waals surface area contributed by atoms with Gasteiger partial charge in [0.1, 0.15) is 0 Å². The van der Waals surface area contributed by atoms with Crippen LogP contribution < -0.4 is 0 Å². The summed E-state index contributed by atoms with van der Waals surface area (Å²) in [5.41, 5.74) is 0. The van der Waals surface area contributed by atoms with Gasteiger partial charge in [-0.2, -0.15) is 0 Å². The molecule has 0 aliphatic carbocycles. The minimum atomic E-state index is -0.699. The maximum absolute atomic E-state index is 9.81. The van der Waals surface area contributed by atoms with Gasteiger partial charge in [0, 0.05) is 19.6 Å². The summed E-state index contributed by atoms with van der Waals surface area (Å²) < 4.78 is 11.4. The summed E-state index contributed by atoms with van der Waals surface area (Å²) in [4.78, 5) is 0. The maximum Gasteiger partial charge on any atom is 0.0871 e. The molecule has 0 aliphatic heterocycles. The van der Waals surface area contributed by atoms with E-state index in [-0.39, 0.29) is 12.7 Å². The Labute approximate surface area is 188 Å².